The topological polar surface area (TPSA) is 205 Å². The van der Waals surface area contributed by atoms with Crippen molar-refractivity contribution < 1.29 is 64.2 Å². The highest BCUT2D eigenvalue weighted by atomic mass is 16.7. The van der Waals surface area contributed by atoms with Crippen LogP contribution >= 0.6 is 0 Å². The van der Waals surface area contributed by atoms with E-state index in [-0.39, 0.29) is 35.2 Å². The fraction of sp³-hybridized carbons (Fsp3) is 0.844. The molecule has 7 N–H and O–H groups in total. The first kappa shape index (κ1) is 34.8. The zero-order valence-corrected chi connectivity index (χ0v) is 26.1. The van der Waals surface area contributed by atoms with Crippen LogP contribution in [0.2, 0.25) is 0 Å². The number of carbonyl (C=O) groups excluding carboxylic acids is 1. The summed E-state index contributed by atoms with van der Waals surface area (Å²) in [5.74, 6) is 0.266. The van der Waals surface area contributed by atoms with Crippen LogP contribution in [-0.2, 0) is 28.5 Å². The van der Waals surface area contributed by atoms with Gasteiger partial charge in [0.2, 0.25) is 0 Å². The average Bonchev–Trinajstić information content (AvgIpc) is 3.43. The Bertz CT molecular complexity index is 1090. The molecule has 0 aromatic heterocycles. The molecule has 2 saturated carbocycles. The molecule has 3 heterocycles. The second-order valence-electron chi connectivity index (χ2n) is 14.1. The first-order chi connectivity index (χ1) is 21.3. The molecule has 2 aliphatic carbocycles. The standard InChI is InChI=1S/C32H50O13/c1-16-5-8-21-31(2,9-4-10-32(21,3)18(16)7-6-17-11-22(35)41-14-17)15-42-29-27(40)25(38)28(20(13-34)44-29)45-30-26(39)24(37)23(36)19(12-33)43-30/h11,18-21,23-30,33-34,36-40H,1,4-10,12-15H2,2-3H3/t18-,19+,20+,21-,23+,24-,25+,26+,27+,28+,29+,30-,31+,32+/m0/s1. The lowest BCUT2D eigenvalue weighted by atomic mass is 9.47. The molecule has 0 bridgehead atoms. The van der Waals surface area contributed by atoms with Crippen molar-refractivity contribution in [3.05, 3.63) is 23.8 Å². The van der Waals surface area contributed by atoms with Crippen LogP contribution in [0, 0.1) is 22.7 Å². The van der Waals surface area contributed by atoms with Gasteiger partial charge in [-0.2, -0.15) is 0 Å². The monoisotopic (exact) mass is 642 g/mol. The van der Waals surface area contributed by atoms with Crippen molar-refractivity contribution in [1.29, 1.82) is 0 Å². The number of aliphatic hydroxyl groups is 7. The first-order valence-corrected chi connectivity index (χ1v) is 16.1. The SMILES string of the molecule is C=C1CC[C@H]2[C@@](C)(CO[C@@H]3O[C@H](CO)[C@@H](O[C@@H]4O[C@H](CO)[C@@H](O)[C@H](O)[C@H]4O)[C@H](O)[C@H]3O)CCC[C@]2(C)[C@H]1CCC1=CC(=O)OC1. The van der Waals surface area contributed by atoms with Gasteiger partial charge in [0.1, 0.15) is 55.4 Å². The summed E-state index contributed by atoms with van der Waals surface area (Å²) in [6, 6.07) is 0. The summed E-state index contributed by atoms with van der Waals surface area (Å²) >= 11 is 0. The fourth-order valence-corrected chi connectivity index (χ4v) is 8.64. The molecule has 0 spiro atoms. The van der Waals surface area contributed by atoms with Gasteiger partial charge in [-0.3, -0.25) is 0 Å². The van der Waals surface area contributed by atoms with Crippen molar-refractivity contribution in [2.75, 3.05) is 26.4 Å². The summed E-state index contributed by atoms with van der Waals surface area (Å²) in [5.41, 5.74) is 1.92. The lowest BCUT2D eigenvalue weighted by Crippen LogP contribution is -2.65. The highest BCUT2D eigenvalue weighted by Crippen LogP contribution is 2.62. The summed E-state index contributed by atoms with van der Waals surface area (Å²) in [7, 11) is 0. The van der Waals surface area contributed by atoms with E-state index in [1.807, 2.05) is 0 Å². The molecule has 256 valence electrons. The molecule has 13 heteroatoms. The molecular formula is C32H50O13. The summed E-state index contributed by atoms with van der Waals surface area (Å²) in [6.45, 7) is 8.25. The predicted molar refractivity (Wildman–Crippen MR) is 156 cm³/mol. The first-order valence-electron chi connectivity index (χ1n) is 16.1. The third kappa shape index (κ3) is 6.77. The molecule has 14 atom stereocenters. The summed E-state index contributed by atoms with van der Waals surface area (Å²) < 4.78 is 28.2. The third-order valence-corrected chi connectivity index (χ3v) is 11.2. The number of allylic oxidation sites excluding steroid dienone is 1. The van der Waals surface area contributed by atoms with Gasteiger partial charge in [0.15, 0.2) is 12.6 Å². The number of ether oxygens (including phenoxy) is 5. The van der Waals surface area contributed by atoms with Gasteiger partial charge in [-0.15, -0.1) is 0 Å². The van der Waals surface area contributed by atoms with Gasteiger partial charge in [-0.1, -0.05) is 32.4 Å². The van der Waals surface area contributed by atoms with E-state index in [0.29, 0.717) is 6.61 Å². The maximum absolute atomic E-state index is 11.6. The second-order valence-corrected chi connectivity index (χ2v) is 14.1. The molecule has 5 rings (SSSR count). The minimum atomic E-state index is -1.73. The van der Waals surface area contributed by atoms with Crippen molar-refractivity contribution in [2.24, 2.45) is 22.7 Å². The van der Waals surface area contributed by atoms with Gasteiger partial charge < -0.3 is 59.4 Å². The molecule has 2 saturated heterocycles. The fourth-order valence-electron chi connectivity index (χ4n) is 8.64. The van der Waals surface area contributed by atoms with Crippen LogP contribution in [0.5, 0.6) is 0 Å². The number of hydrogen-bond donors (Lipinski definition) is 7. The van der Waals surface area contributed by atoms with Crippen molar-refractivity contribution in [3.8, 4) is 0 Å². The molecule has 0 unspecified atom stereocenters. The van der Waals surface area contributed by atoms with E-state index < -0.39 is 74.6 Å². The number of fused-ring (bicyclic) bond motifs is 1. The van der Waals surface area contributed by atoms with Crippen molar-refractivity contribution in [3.63, 3.8) is 0 Å². The lowest BCUT2D eigenvalue weighted by Gasteiger charge is -2.59. The zero-order valence-electron chi connectivity index (χ0n) is 26.1. The quantitative estimate of drug-likeness (QED) is 0.121. The molecule has 3 aliphatic heterocycles. The smallest absolute Gasteiger partial charge is 0.331 e. The number of cyclic esters (lactones) is 1. The Morgan fingerprint density at radius 2 is 1.62 bits per heavy atom. The molecule has 0 amide bonds. The number of aliphatic hydroxyl groups excluding tert-OH is 7. The van der Waals surface area contributed by atoms with Crippen LogP contribution in [0.1, 0.15) is 58.8 Å². The van der Waals surface area contributed by atoms with Gasteiger partial charge >= 0.3 is 5.97 Å². The molecule has 0 radical (unpaired) electrons. The molecule has 5 aliphatic rings. The van der Waals surface area contributed by atoms with E-state index in [2.05, 4.69) is 20.4 Å². The van der Waals surface area contributed by atoms with Gasteiger partial charge in [0, 0.05) is 6.08 Å². The maximum Gasteiger partial charge on any atom is 0.331 e. The zero-order chi connectivity index (χ0) is 32.7. The number of rotatable bonds is 10. The predicted octanol–water partition coefficient (Wildman–Crippen LogP) is -0.331. The van der Waals surface area contributed by atoms with Crippen molar-refractivity contribution in [2.45, 2.75) is 120 Å². The Morgan fingerprint density at radius 3 is 2.29 bits per heavy atom. The summed E-state index contributed by atoms with van der Waals surface area (Å²) in [5, 5.41) is 72.2. The molecule has 45 heavy (non-hydrogen) atoms. The summed E-state index contributed by atoms with van der Waals surface area (Å²) in [6.07, 6.45) is -6.91. The maximum atomic E-state index is 11.6. The van der Waals surface area contributed by atoms with Crippen LogP contribution in [0.4, 0.5) is 0 Å². The van der Waals surface area contributed by atoms with Gasteiger partial charge in [0.25, 0.3) is 0 Å². The van der Waals surface area contributed by atoms with Crippen LogP contribution in [0.3, 0.4) is 0 Å². The summed E-state index contributed by atoms with van der Waals surface area (Å²) in [4.78, 5) is 11.6. The highest BCUT2D eigenvalue weighted by molar-refractivity contribution is 5.85. The van der Waals surface area contributed by atoms with Crippen LogP contribution < -0.4 is 0 Å². The van der Waals surface area contributed by atoms with E-state index in [0.717, 1.165) is 50.5 Å². The highest BCUT2D eigenvalue weighted by Gasteiger charge is 2.56. The van der Waals surface area contributed by atoms with Gasteiger partial charge in [0.05, 0.1) is 19.8 Å². The molecule has 0 aromatic rings. The van der Waals surface area contributed by atoms with Gasteiger partial charge in [-0.05, 0) is 66.8 Å². The van der Waals surface area contributed by atoms with E-state index in [4.69, 9.17) is 23.7 Å². The Morgan fingerprint density at radius 1 is 0.933 bits per heavy atom. The third-order valence-electron chi connectivity index (χ3n) is 11.2. The minimum absolute atomic E-state index is 0.0424. The average molecular weight is 643 g/mol. The van der Waals surface area contributed by atoms with Gasteiger partial charge in [-0.25, -0.2) is 4.79 Å². The molecule has 13 nitrogen and oxygen atoms in total. The number of esters is 1. The number of hydrogen-bond acceptors (Lipinski definition) is 13. The van der Waals surface area contributed by atoms with Crippen LogP contribution in [0.25, 0.3) is 0 Å². The minimum Gasteiger partial charge on any atom is -0.458 e. The van der Waals surface area contributed by atoms with Crippen LogP contribution in [-0.4, -0.2) is 130 Å². The normalized spacial score (nSPS) is 47.3. The Labute approximate surface area is 263 Å². The molecule has 0 aromatic carbocycles. The van der Waals surface area contributed by atoms with E-state index in [9.17, 15) is 40.5 Å². The Balaban J connectivity index is 1.24. The molecular weight excluding hydrogens is 592 g/mol. The lowest BCUT2D eigenvalue weighted by molar-refractivity contribution is -0.361. The Kier molecular flexibility index (Phi) is 10.8. The van der Waals surface area contributed by atoms with E-state index in [1.54, 1.807) is 6.08 Å². The van der Waals surface area contributed by atoms with Crippen molar-refractivity contribution >= 4 is 5.97 Å². The number of carbonyl (C=O) groups is 1. The largest absolute Gasteiger partial charge is 0.458 e. The molecule has 4 fully saturated rings. The van der Waals surface area contributed by atoms with Crippen molar-refractivity contribution in [1.82, 2.24) is 0 Å². The van der Waals surface area contributed by atoms with E-state index in [1.165, 1.54) is 5.57 Å². The van der Waals surface area contributed by atoms with E-state index >= 15 is 0 Å². The Hall–Kier alpha value is -1.49. The van der Waals surface area contributed by atoms with Crippen LogP contribution in [0.15, 0.2) is 23.8 Å². The second kappa shape index (κ2) is 13.9.